The molecule has 0 bridgehead atoms. The van der Waals surface area contributed by atoms with Crippen molar-refractivity contribution < 1.29 is 13.7 Å². The Morgan fingerprint density at radius 3 is 2.52 bits per heavy atom. The molecule has 21 heavy (non-hydrogen) atoms. The number of nitrogens with zero attached hydrogens (tertiary/aromatic N) is 1. The molecule has 6 heteroatoms. The summed E-state index contributed by atoms with van der Waals surface area (Å²) in [6, 6.07) is 9.54. The monoisotopic (exact) mass is 292 g/mol. The zero-order valence-electron chi connectivity index (χ0n) is 11.3. The van der Waals surface area contributed by atoms with E-state index in [-0.39, 0.29) is 23.2 Å². The average molecular weight is 292 g/mol. The first kappa shape index (κ1) is 14.9. The predicted molar refractivity (Wildman–Crippen MR) is 76.2 cm³/mol. The molecule has 0 saturated heterocycles. The van der Waals surface area contributed by atoms with Crippen molar-refractivity contribution in [3.05, 3.63) is 69.8 Å². The van der Waals surface area contributed by atoms with Gasteiger partial charge in [0, 0.05) is 12.1 Å². The van der Waals surface area contributed by atoms with Crippen molar-refractivity contribution in [2.24, 2.45) is 0 Å². The molecule has 4 nitrogen and oxygen atoms in total. The van der Waals surface area contributed by atoms with Gasteiger partial charge in [0.25, 0.3) is 5.69 Å². The molecular formula is C15H14F2N2O2. The van der Waals surface area contributed by atoms with E-state index in [9.17, 15) is 18.9 Å². The van der Waals surface area contributed by atoms with Gasteiger partial charge in [0.05, 0.1) is 16.7 Å². The van der Waals surface area contributed by atoms with Crippen LogP contribution in [0.3, 0.4) is 0 Å². The number of hydrogen-bond donors (Lipinski definition) is 1. The third kappa shape index (κ3) is 3.75. The molecule has 0 heterocycles. The molecule has 110 valence electrons. The van der Waals surface area contributed by atoms with E-state index in [2.05, 4.69) is 5.32 Å². The van der Waals surface area contributed by atoms with Crippen LogP contribution in [0.15, 0.2) is 42.5 Å². The summed E-state index contributed by atoms with van der Waals surface area (Å²) in [6.07, 6.45) is 0.378. The molecule has 1 N–H and O–H groups in total. The molecule has 0 aliphatic carbocycles. The highest BCUT2D eigenvalue weighted by Gasteiger charge is 2.13. The fraction of sp³-hybridized carbons (Fsp3) is 0.200. The molecule has 0 aliphatic heterocycles. The van der Waals surface area contributed by atoms with Crippen LogP contribution in [0.4, 0.5) is 20.2 Å². The van der Waals surface area contributed by atoms with E-state index in [1.165, 1.54) is 18.2 Å². The summed E-state index contributed by atoms with van der Waals surface area (Å²) >= 11 is 0. The first-order valence-electron chi connectivity index (χ1n) is 6.41. The number of non-ortho nitro benzene ring substituents is 1. The van der Waals surface area contributed by atoms with Crippen molar-refractivity contribution in [1.82, 2.24) is 0 Å². The Hall–Kier alpha value is -2.50. The molecule has 0 amide bonds. The van der Waals surface area contributed by atoms with E-state index in [1.54, 1.807) is 25.1 Å². The highest BCUT2D eigenvalue weighted by atomic mass is 19.1. The second kappa shape index (κ2) is 6.30. The maximum Gasteiger partial charge on any atom is 0.272 e. The van der Waals surface area contributed by atoms with Crippen LogP contribution in [0, 0.1) is 21.7 Å². The Morgan fingerprint density at radius 1 is 1.19 bits per heavy atom. The molecule has 0 spiro atoms. The minimum Gasteiger partial charge on any atom is -0.380 e. The molecule has 0 radical (unpaired) electrons. The highest BCUT2D eigenvalue weighted by Crippen LogP contribution is 2.22. The Kier molecular flexibility index (Phi) is 4.47. The lowest BCUT2D eigenvalue weighted by atomic mass is 10.1. The van der Waals surface area contributed by atoms with Crippen LogP contribution < -0.4 is 5.32 Å². The fourth-order valence-electron chi connectivity index (χ4n) is 2.04. The van der Waals surface area contributed by atoms with Crippen LogP contribution in [0.2, 0.25) is 0 Å². The predicted octanol–water partition coefficient (Wildman–Crippen LogP) is 3.92. The van der Waals surface area contributed by atoms with Gasteiger partial charge in [-0.1, -0.05) is 18.2 Å². The Labute approximate surface area is 120 Å². The van der Waals surface area contributed by atoms with Crippen LogP contribution in [-0.4, -0.2) is 11.0 Å². The van der Waals surface area contributed by atoms with Crippen LogP contribution >= 0.6 is 0 Å². The molecule has 0 aromatic heterocycles. The SMILES string of the molecule is CC(Cc1ccccc1F)Nc1ccc([N+](=O)[O-])cc1F. The second-order valence-electron chi connectivity index (χ2n) is 4.76. The molecule has 0 fully saturated rings. The summed E-state index contributed by atoms with van der Waals surface area (Å²) in [6.45, 7) is 1.79. The van der Waals surface area contributed by atoms with Crippen molar-refractivity contribution in [3.8, 4) is 0 Å². The smallest absolute Gasteiger partial charge is 0.272 e. The van der Waals surface area contributed by atoms with Crippen molar-refractivity contribution in [2.45, 2.75) is 19.4 Å². The summed E-state index contributed by atoms with van der Waals surface area (Å²) < 4.78 is 27.3. The lowest BCUT2D eigenvalue weighted by Crippen LogP contribution is -2.19. The largest absolute Gasteiger partial charge is 0.380 e. The summed E-state index contributed by atoms with van der Waals surface area (Å²) in [7, 11) is 0. The van der Waals surface area contributed by atoms with Crippen LogP contribution in [0.5, 0.6) is 0 Å². The lowest BCUT2D eigenvalue weighted by molar-refractivity contribution is -0.385. The van der Waals surface area contributed by atoms with Crippen molar-refractivity contribution in [1.29, 1.82) is 0 Å². The van der Waals surface area contributed by atoms with Gasteiger partial charge in [-0.15, -0.1) is 0 Å². The van der Waals surface area contributed by atoms with Crippen molar-refractivity contribution in [2.75, 3.05) is 5.32 Å². The quantitative estimate of drug-likeness (QED) is 0.671. The zero-order chi connectivity index (χ0) is 15.4. The third-order valence-electron chi connectivity index (χ3n) is 3.05. The standard InChI is InChI=1S/C15H14F2N2O2/c1-10(8-11-4-2-3-5-13(11)16)18-15-7-6-12(19(20)21)9-14(15)17/h2-7,9-10,18H,8H2,1H3. The summed E-state index contributed by atoms with van der Waals surface area (Å²) in [5.41, 5.74) is 0.379. The lowest BCUT2D eigenvalue weighted by Gasteiger charge is -2.16. The van der Waals surface area contributed by atoms with Gasteiger partial charge in [0.1, 0.15) is 5.82 Å². The number of nitro groups is 1. The highest BCUT2D eigenvalue weighted by molar-refractivity contribution is 5.50. The van der Waals surface area contributed by atoms with Gasteiger partial charge in [-0.05, 0) is 31.0 Å². The van der Waals surface area contributed by atoms with Crippen LogP contribution in [0.1, 0.15) is 12.5 Å². The molecule has 1 atom stereocenters. The van der Waals surface area contributed by atoms with Gasteiger partial charge in [-0.2, -0.15) is 0 Å². The van der Waals surface area contributed by atoms with Gasteiger partial charge in [0.2, 0.25) is 0 Å². The number of hydrogen-bond acceptors (Lipinski definition) is 3. The molecule has 0 aliphatic rings. The number of benzene rings is 2. The summed E-state index contributed by atoms with van der Waals surface area (Å²) in [5.74, 6) is -1.01. The normalized spacial score (nSPS) is 12.0. The van der Waals surface area contributed by atoms with E-state index in [4.69, 9.17) is 0 Å². The summed E-state index contributed by atoms with van der Waals surface area (Å²) in [5, 5.41) is 13.4. The maximum absolute atomic E-state index is 13.7. The van der Waals surface area contributed by atoms with E-state index in [0.29, 0.717) is 12.0 Å². The first-order valence-corrected chi connectivity index (χ1v) is 6.41. The number of nitrogens with one attached hydrogen (secondary N) is 1. The van der Waals surface area contributed by atoms with E-state index in [0.717, 1.165) is 6.07 Å². The Morgan fingerprint density at radius 2 is 1.90 bits per heavy atom. The minimum atomic E-state index is -0.704. The number of nitro benzene ring substituents is 1. The van der Waals surface area contributed by atoms with Gasteiger partial charge in [0.15, 0.2) is 5.82 Å². The fourth-order valence-corrected chi connectivity index (χ4v) is 2.04. The molecule has 2 rings (SSSR count). The van der Waals surface area contributed by atoms with Gasteiger partial charge in [-0.25, -0.2) is 8.78 Å². The van der Waals surface area contributed by atoms with Gasteiger partial charge < -0.3 is 5.32 Å². The molecule has 2 aromatic rings. The average Bonchev–Trinajstić information content (AvgIpc) is 2.43. The molecular weight excluding hydrogens is 278 g/mol. The van der Waals surface area contributed by atoms with E-state index in [1.807, 2.05) is 0 Å². The molecule has 0 saturated carbocycles. The van der Waals surface area contributed by atoms with Gasteiger partial charge in [-0.3, -0.25) is 10.1 Å². The number of anilines is 1. The van der Waals surface area contributed by atoms with E-state index >= 15 is 0 Å². The zero-order valence-corrected chi connectivity index (χ0v) is 11.3. The topological polar surface area (TPSA) is 55.2 Å². The molecule has 1 unspecified atom stereocenters. The maximum atomic E-state index is 13.7. The van der Waals surface area contributed by atoms with Crippen molar-refractivity contribution >= 4 is 11.4 Å². The van der Waals surface area contributed by atoms with E-state index < -0.39 is 10.7 Å². The first-order chi connectivity index (χ1) is 9.97. The second-order valence-corrected chi connectivity index (χ2v) is 4.76. The Balaban J connectivity index is 2.08. The minimum absolute atomic E-state index is 0.157. The summed E-state index contributed by atoms with van der Waals surface area (Å²) in [4.78, 5) is 9.89. The number of halogens is 2. The van der Waals surface area contributed by atoms with Crippen LogP contribution in [-0.2, 0) is 6.42 Å². The number of rotatable bonds is 5. The van der Waals surface area contributed by atoms with Crippen molar-refractivity contribution in [3.63, 3.8) is 0 Å². The molecule has 2 aromatic carbocycles. The van der Waals surface area contributed by atoms with Crippen LogP contribution in [0.25, 0.3) is 0 Å². The third-order valence-corrected chi connectivity index (χ3v) is 3.05. The Bertz CT molecular complexity index is 662. The van der Waals surface area contributed by atoms with Gasteiger partial charge >= 0.3 is 0 Å².